The van der Waals surface area contributed by atoms with Gasteiger partial charge in [-0.05, 0) is 31.2 Å². The van der Waals surface area contributed by atoms with E-state index in [4.69, 9.17) is 5.73 Å². The van der Waals surface area contributed by atoms with Crippen LogP contribution in [0.2, 0.25) is 0 Å². The Balaban J connectivity index is 2.28. The molecule has 2 N–H and O–H groups in total. The molecule has 0 aliphatic carbocycles. The van der Waals surface area contributed by atoms with E-state index in [1.54, 1.807) is 0 Å². The van der Waals surface area contributed by atoms with Crippen molar-refractivity contribution in [3.05, 3.63) is 0 Å². The van der Waals surface area contributed by atoms with Crippen LogP contribution in [-0.4, -0.2) is 30.6 Å². The molecular formula is C15H32N2. The van der Waals surface area contributed by atoms with Crippen molar-refractivity contribution < 1.29 is 0 Å². The van der Waals surface area contributed by atoms with Crippen molar-refractivity contribution in [1.82, 2.24) is 4.90 Å². The second-order valence-corrected chi connectivity index (χ2v) is 6.03. The number of hydrogen-bond acceptors (Lipinski definition) is 2. The lowest BCUT2D eigenvalue weighted by Gasteiger charge is -2.42. The molecule has 0 aromatic rings. The Morgan fingerprint density at radius 1 is 1.12 bits per heavy atom. The highest BCUT2D eigenvalue weighted by molar-refractivity contribution is 4.85. The molecule has 1 aliphatic heterocycles. The largest absolute Gasteiger partial charge is 0.329 e. The Bertz CT molecular complexity index is 193. The molecule has 0 radical (unpaired) electrons. The molecule has 0 spiro atoms. The van der Waals surface area contributed by atoms with Crippen LogP contribution in [0.5, 0.6) is 0 Å². The minimum atomic E-state index is 0.636. The standard InChI is InChI=1S/C15H32N2/c1-4-5-6-7-8-9-17-12-13(2)10-14(3)15(17)11-16/h13-15H,4-12,16H2,1-3H3. The van der Waals surface area contributed by atoms with E-state index in [2.05, 4.69) is 25.7 Å². The van der Waals surface area contributed by atoms with E-state index in [9.17, 15) is 0 Å². The predicted molar refractivity (Wildman–Crippen MR) is 76.1 cm³/mol. The van der Waals surface area contributed by atoms with Gasteiger partial charge in [-0.3, -0.25) is 4.90 Å². The topological polar surface area (TPSA) is 29.3 Å². The molecule has 0 aromatic heterocycles. The summed E-state index contributed by atoms with van der Waals surface area (Å²) >= 11 is 0. The van der Waals surface area contributed by atoms with Gasteiger partial charge in [-0.2, -0.15) is 0 Å². The lowest BCUT2D eigenvalue weighted by atomic mass is 9.85. The maximum absolute atomic E-state index is 5.94. The highest BCUT2D eigenvalue weighted by Gasteiger charge is 2.30. The summed E-state index contributed by atoms with van der Waals surface area (Å²) in [6.45, 7) is 10.4. The molecule has 1 saturated heterocycles. The van der Waals surface area contributed by atoms with Gasteiger partial charge in [0.25, 0.3) is 0 Å². The van der Waals surface area contributed by atoms with Crippen molar-refractivity contribution in [3.63, 3.8) is 0 Å². The fourth-order valence-corrected chi connectivity index (χ4v) is 3.32. The Morgan fingerprint density at radius 3 is 2.47 bits per heavy atom. The molecule has 2 heteroatoms. The predicted octanol–water partition coefficient (Wildman–Crippen LogP) is 3.26. The van der Waals surface area contributed by atoms with Crippen LogP contribution in [0.3, 0.4) is 0 Å². The Kier molecular flexibility index (Phi) is 7.14. The summed E-state index contributed by atoms with van der Waals surface area (Å²) in [7, 11) is 0. The van der Waals surface area contributed by atoms with Crippen LogP contribution in [0.1, 0.15) is 59.3 Å². The molecule has 1 rings (SSSR count). The van der Waals surface area contributed by atoms with E-state index < -0.39 is 0 Å². The third-order valence-corrected chi connectivity index (χ3v) is 4.24. The lowest BCUT2D eigenvalue weighted by Crippen LogP contribution is -2.51. The molecule has 2 nitrogen and oxygen atoms in total. The van der Waals surface area contributed by atoms with E-state index in [0.29, 0.717) is 6.04 Å². The molecular weight excluding hydrogens is 208 g/mol. The SMILES string of the molecule is CCCCCCCN1CC(C)CC(C)C1CN. The van der Waals surface area contributed by atoms with E-state index in [1.165, 1.54) is 51.6 Å². The molecule has 0 saturated carbocycles. The second-order valence-electron chi connectivity index (χ2n) is 6.03. The maximum Gasteiger partial charge on any atom is 0.0244 e. The third kappa shape index (κ3) is 4.97. The van der Waals surface area contributed by atoms with Crippen LogP contribution < -0.4 is 5.73 Å². The number of nitrogens with zero attached hydrogens (tertiary/aromatic N) is 1. The van der Waals surface area contributed by atoms with Gasteiger partial charge in [0.05, 0.1) is 0 Å². The number of piperidine rings is 1. The molecule has 3 atom stereocenters. The average molecular weight is 240 g/mol. The first-order valence-electron chi connectivity index (χ1n) is 7.63. The summed E-state index contributed by atoms with van der Waals surface area (Å²) < 4.78 is 0. The van der Waals surface area contributed by atoms with Gasteiger partial charge in [0.1, 0.15) is 0 Å². The average Bonchev–Trinajstić information content (AvgIpc) is 2.28. The molecule has 1 fully saturated rings. The summed E-state index contributed by atoms with van der Waals surface area (Å²) in [6, 6.07) is 0.636. The van der Waals surface area contributed by atoms with Crippen LogP contribution in [0.15, 0.2) is 0 Å². The lowest BCUT2D eigenvalue weighted by molar-refractivity contribution is 0.0719. The van der Waals surface area contributed by atoms with Gasteiger partial charge in [-0.1, -0.05) is 46.5 Å². The minimum absolute atomic E-state index is 0.636. The summed E-state index contributed by atoms with van der Waals surface area (Å²) in [5, 5.41) is 0. The zero-order chi connectivity index (χ0) is 12.7. The first-order valence-corrected chi connectivity index (χ1v) is 7.63. The van der Waals surface area contributed by atoms with Crippen molar-refractivity contribution in [2.75, 3.05) is 19.6 Å². The fourth-order valence-electron chi connectivity index (χ4n) is 3.32. The Hall–Kier alpha value is -0.0800. The van der Waals surface area contributed by atoms with Gasteiger partial charge < -0.3 is 5.73 Å². The van der Waals surface area contributed by atoms with Gasteiger partial charge in [0.15, 0.2) is 0 Å². The maximum atomic E-state index is 5.94. The summed E-state index contributed by atoms with van der Waals surface area (Å²) in [6.07, 6.45) is 8.24. The van der Waals surface area contributed by atoms with Crippen molar-refractivity contribution in [3.8, 4) is 0 Å². The number of likely N-dealkylation sites (tertiary alicyclic amines) is 1. The quantitative estimate of drug-likeness (QED) is 0.692. The van der Waals surface area contributed by atoms with E-state index >= 15 is 0 Å². The fraction of sp³-hybridized carbons (Fsp3) is 1.00. The van der Waals surface area contributed by atoms with Gasteiger partial charge >= 0.3 is 0 Å². The number of hydrogen-bond donors (Lipinski definition) is 1. The van der Waals surface area contributed by atoms with Crippen LogP contribution >= 0.6 is 0 Å². The molecule has 0 amide bonds. The van der Waals surface area contributed by atoms with Crippen LogP contribution in [0, 0.1) is 11.8 Å². The highest BCUT2D eigenvalue weighted by atomic mass is 15.2. The van der Waals surface area contributed by atoms with Gasteiger partial charge in [0, 0.05) is 19.1 Å². The molecule has 1 heterocycles. The zero-order valence-corrected chi connectivity index (χ0v) is 12.1. The number of unbranched alkanes of at least 4 members (excludes halogenated alkanes) is 4. The smallest absolute Gasteiger partial charge is 0.0244 e. The number of nitrogens with two attached hydrogens (primary N) is 1. The van der Waals surface area contributed by atoms with E-state index in [-0.39, 0.29) is 0 Å². The molecule has 0 aromatic carbocycles. The Labute approximate surface area is 108 Å². The number of rotatable bonds is 7. The Morgan fingerprint density at radius 2 is 1.82 bits per heavy atom. The third-order valence-electron chi connectivity index (χ3n) is 4.24. The first-order chi connectivity index (χ1) is 8.19. The van der Waals surface area contributed by atoms with Crippen LogP contribution in [0.25, 0.3) is 0 Å². The van der Waals surface area contributed by atoms with Gasteiger partial charge in [-0.25, -0.2) is 0 Å². The molecule has 102 valence electrons. The molecule has 1 aliphatic rings. The van der Waals surface area contributed by atoms with Crippen molar-refractivity contribution in [2.45, 2.75) is 65.3 Å². The van der Waals surface area contributed by atoms with Crippen molar-refractivity contribution >= 4 is 0 Å². The first kappa shape index (κ1) is 15.0. The van der Waals surface area contributed by atoms with E-state index in [0.717, 1.165) is 18.4 Å². The van der Waals surface area contributed by atoms with Crippen LogP contribution in [0.4, 0.5) is 0 Å². The molecule has 3 unspecified atom stereocenters. The minimum Gasteiger partial charge on any atom is -0.329 e. The van der Waals surface area contributed by atoms with Crippen molar-refractivity contribution in [1.29, 1.82) is 0 Å². The summed E-state index contributed by atoms with van der Waals surface area (Å²) in [5.41, 5.74) is 5.94. The summed E-state index contributed by atoms with van der Waals surface area (Å²) in [5.74, 6) is 1.63. The summed E-state index contributed by atoms with van der Waals surface area (Å²) in [4.78, 5) is 2.66. The van der Waals surface area contributed by atoms with Crippen LogP contribution in [-0.2, 0) is 0 Å². The molecule has 0 bridgehead atoms. The zero-order valence-electron chi connectivity index (χ0n) is 12.1. The highest BCUT2D eigenvalue weighted by Crippen LogP contribution is 2.26. The van der Waals surface area contributed by atoms with E-state index in [1.807, 2.05) is 0 Å². The second kappa shape index (κ2) is 8.10. The van der Waals surface area contributed by atoms with Gasteiger partial charge in [0.2, 0.25) is 0 Å². The molecule has 17 heavy (non-hydrogen) atoms. The van der Waals surface area contributed by atoms with Gasteiger partial charge in [-0.15, -0.1) is 0 Å². The normalized spacial score (nSPS) is 30.7. The van der Waals surface area contributed by atoms with Crippen molar-refractivity contribution in [2.24, 2.45) is 17.6 Å². The monoisotopic (exact) mass is 240 g/mol.